The summed E-state index contributed by atoms with van der Waals surface area (Å²) in [5.74, 6) is -0.494. The van der Waals surface area contributed by atoms with Crippen LogP contribution in [-0.4, -0.2) is 16.2 Å². The zero-order chi connectivity index (χ0) is 11.7. The summed E-state index contributed by atoms with van der Waals surface area (Å²) in [6.45, 7) is 1.26. The Morgan fingerprint density at radius 3 is 2.56 bits per heavy atom. The van der Waals surface area contributed by atoms with Gasteiger partial charge in [0, 0.05) is 17.7 Å². The van der Waals surface area contributed by atoms with Crippen LogP contribution in [0, 0.1) is 0 Å². The van der Waals surface area contributed by atoms with Crippen molar-refractivity contribution in [3.63, 3.8) is 0 Å². The molecule has 0 atom stereocenters. The van der Waals surface area contributed by atoms with E-state index in [9.17, 15) is 15.0 Å². The Balaban J connectivity index is 2.65. The van der Waals surface area contributed by atoms with Gasteiger partial charge in [-0.15, -0.1) is 0 Å². The van der Waals surface area contributed by atoms with Gasteiger partial charge in [0.25, 0.3) is 0 Å². The average molecular weight is 218 g/mol. The minimum Gasteiger partial charge on any atom is -0.507 e. The third-order valence-corrected chi connectivity index (χ3v) is 2.23. The van der Waals surface area contributed by atoms with Crippen molar-refractivity contribution in [2.24, 2.45) is 0 Å². The van der Waals surface area contributed by atoms with Crippen molar-refractivity contribution in [1.82, 2.24) is 0 Å². The number of hydrogen-bond acceptors (Lipinski definition) is 4. The van der Waals surface area contributed by atoms with Crippen LogP contribution in [0.4, 0.5) is 0 Å². The first-order valence-electron chi connectivity index (χ1n) is 4.71. The zero-order valence-electron chi connectivity index (χ0n) is 8.60. The zero-order valence-corrected chi connectivity index (χ0v) is 8.60. The second kappa shape index (κ2) is 3.73. The molecule has 0 radical (unpaired) electrons. The van der Waals surface area contributed by atoms with Crippen LogP contribution in [0.5, 0.6) is 17.2 Å². The summed E-state index contributed by atoms with van der Waals surface area (Å²) in [6.07, 6.45) is 0. The Hall–Kier alpha value is -2.23. The number of esters is 1. The molecule has 2 aromatic rings. The van der Waals surface area contributed by atoms with Crippen LogP contribution >= 0.6 is 0 Å². The van der Waals surface area contributed by atoms with Crippen LogP contribution in [0.3, 0.4) is 0 Å². The Morgan fingerprint density at radius 1 is 1.12 bits per heavy atom. The van der Waals surface area contributed by atoms with Crippen LogP contribution < -0.4 is 4.74 Å². The van der Waals surface area contributed by atoms with Gasteiger partial charge in [-0.2, -0.15) is 0 Å². The summed E-state index contributed by atoms with van der Waals surface area (Å²) in [6, 6.07) is 7.79. The molecule has 4 heteroatoms. The number of ether oxygens (including phenoxy) is 1. The Kier molecular flexibility index (Phi) is 2.40. The Labute approximate surface area is 91.7 Å². The molecule has 0 heterocycles. The molecule has 0 fully saturated rings. The van der Waals surface area contributed by atoms with Gasteiger partial charge in [-0.3, -0.25) is 4.79 Å². The number of fused-ring (bicyclic) bond motifs is 1. The molecule has 0 saturated heterocycles. The monoisotopic (exact) mass is 218 g/mol. The maximum Gasteiger partial charge on any atom is 0.308 e. The van der Waals surface area contributed by atoms with Gasteiger partial charge in [0.1, 0.15) is 5.75 Å². The first-order chi connectivity index (χ1) is 7.59. The van der Waals surface area contributed by atoms with Crippen LogP contribution in [0.15, 0.2) is 30.3 Å². The second-order valence-electron chi connectivity index (χ2n) is 3.38. The summed E-state index contributed by atoms with van der Waals surface area (Å²) < 4.78 is 4.82. The lowest BCUT2D eigenvalue weighted by Gasteiger charge is -2.07. The molecule has 0 aliphatic carbocycles. The van der Waals surface area contributed by atoms with E-state index in [0.29, 0.717) is 10.8 Å². The fourth-order valence-corrected chi connectivity index (χ4v) is 1.54. The molecule has 0 spiro atoms. The lowest BCUT2D eigenvalue weighted by atomic mass is 10.1. The molecule has 0 aliphatic rings. The van der Waals surface area contributed by atoms with Crippen molar-refractivity contribution in [2.75, 3.05) is 0 Å². The quantitative estimate of drug-likeness (QED) is 0.568. The summed E-state index contributed by atoms with van der Waals surface area (Å²) >= 11 is 0. The normalized spacial score (nSPS) is 10.3. The van der Waals surface area contributed by atoms with Crippen LogP contribution in [0.25, 0.3) is 10.8 Å². The van der Waals surface area contributed by atoms with E-state index in [0.717, 1.165) is 0 Å². The third-order valence-electron chi connectivity index (χ3n) is 2.23. The predicted molar refractivity (Wildman–Crippen MR) is 58.6 cm³/mol. The fourth-order valence-electron chi connectivity index (χ4n) is 1.54. The largest absolute Gasteiger partial charge is 0.507 e. The lowest BCUT2D eigenvalue weighted by Crippen LogP contribution is -2.01. The lowest BCUT2D eigenvalue weighted by molar-refractivity contribution is -0.132. The summed E-state index contributed by atoms with van der Waals surface area (Å²) in [5, 5.41) is 20.3. The second-order valence-corrected chi connectivity index (χ2v) is 3.38. The van der Waals surface area contributed by atoms with E-state index in [1.54, 1.807) is 18.2 Å². The molecule has 2 N–H and O–H groups in total. The SMILES string of the molecule is CC(=O)Oc1ccc2c(O)cccc2c1O. The van der Waals surface area contributed by atoms with Gasteiger partial charge in [-0.1, -0.05) is 12.1 Å². The Bertz CT molecular complexity index is 560. The number of rotatable bonds is 1. The number of carbonyl (C=O) groups excluding carboxylic acids is 1. The molecule has 0 unspecified atom stereocenters. The molecule has 0 amide bonds. The molecular formula is C12H10O4. The van der Waals surface area contributed by atoms with Crippen molar-refractivity contribution in [2.45, 2.75) is 6.92 Å². The van der Waals surface area contributed by atoms with Crippen molar-refractivity contribution < 1.29 is 19.7 Å². The van der Waals surface area contributed by atoms with Gasteiger partial charge in [0.05, 0.1) is 0 Å². The maximum absolute atomic E-state index is 10.8. The van der Waals surface area contributed by atoms with Gasteiger partial charge >= 0.3 is 5.97 Å². The molecule has 0 bridgehead atoms. The fraction of sp³-hybridized carbons (Fsp3) is 0.0833. The smallest absolute Gasteiger partial charge is 0.308 e. The molecule has 0 saturated carbocycles. The molecule has 0 aromatic heterocycles. The number of aromatic hydroxyl groups is 2. The van der Waals surface area contributed by atoms with E-state index in [2.05, 4.69) is 0 Å². The summed E-state index contributed by atoms with van der Waals surface area (Å²) in [4.78, 5) is 10.8. The Morgan fingerprint density at radius 2 is 1.88 bits per heavy atom. The van der Waals surface area contributed by atoms with Crippen molar-refractivity contribution in [3.05, 3.63) is 30.3 Å². The number of benzene rings is 2. The molecule has 16 heavy (non-hydrogen) atoms. The minimum absolute atomic E-state index is 0.0715. The minimum atomic E-state index is -0.505. The molecule has 82 valence electrons. The highest BCUT2D eigenvalue weighted by Crippen LogP contribution is 2.37. The van der Waals surface area contributed by atoms with Crippen LogP contribution in [-0.2, 0) is 4.79 Å². The predicted octanol–water partition coefficient (Wildman–Crippen LogP) is 2.18. The molecular weight excluding hydrogens is 208 g/mol. The third kappa shape index (κ3) is 1.65. The van der Waals surface area contributed by atoms with Crippen molar-refractivity contribution in [3.8, 4) is 17.2 Å². The first kappa shape index (κ1) is 10.3. The first-order valence-corrected chi connectivity index (χ1v) is 4.71. The van der Waals surface area contributed by atoms with Gasteiger partial charge in [0.15, 0.2) is 11.5 Å². The van der Waals surface area contributed by atoms with Gasteiger partial charge in [-0.25, -0.2) is 0 Å². The molecule has 0 aliphatic heterocycles. The van der Waals surface area contributed by atoms with Gasteiger partial charge in [-0.05, 0) is 18.2 Å². The van der Waals surface area contributed by atoms with Crippen LogP contribution in [0.2, 0.25) is 0 Å². The average Bonchev–Trinajstić information content (AvgIpc) is 2.23. The van der Waals surface area contributed by atoms with E-state index in [4.69, 9.17) is 4.74 Å². The van der Waals surface area contributed by atoms with Gasteiger partial charge in [0.2, 0.25) is 0 Å². The number of phenols is 2. The standard InChI is InChI=1S/C12H10O4/c1-7(13)16-11-6-5-8-9(12(11)15)3-2-4-10(8)14/h2-6,14-15H,1H3. The summed E-state index contributed by atoms with van der Waals surface area (Å²) in [7, 11) is 0. The highest BCUT2D eigenvalue weighted by molar-refractivity contribution is 5.95. The highest BCUT2D eigenvalue weighted by atomic mass is 16.5. The highest BCUT2D eigenvalue weighted by Gasteiger charge is 2.10. The van der Waals surface area contributed by atoms with E-state index < -0.39 is 5.97 Å². The number of hydrogen-bond donors (Lipinski definition) is 2. The number of phenolic OH excluding ortho intramolecular Hbond substituents is 2. The van der Waals surface area contributed by atoms with E-state index >= 15 is 0 Å². The van der Waals surface area contributed by atoms with Crippen molar-refractivity contribution in [1.29, 1.82) is 0 Å². The van der Waals surface area contributed by atoms with E-state index in [1.807, 2.05) is 0 Å². The van der Waals surface area contributed by atoms with Gasteiger partial charge < -0.3 is 14.9 Å². The topological polar surface area (TPSA) is 66.8 Å². The van der Waals surface area contributed by atoms with Crippen LogP contribution in [0.1, 0.15) is 6.92 Å². The van der Waals surface area contributed by atoms with E-state index in [-0.39, 0.29) is 17.2 Å². The summed E-state index contributed by atoms with van der Waals surface area (Å²) in [5.41, 5.74) is 0. The maximum atomic E-state index is 10.8. The molecule has 2 aromatic carbocycles. The number of carbonyl (C=O) groups is 1. The molecule has 4 nitrogen and oxygen atoms in total. The molecule has 2 rings (SSSR count). The van der Waals surface area contributed by atoms with Crippen molar-refractivity contribution >= 4 is 16.7 Å². The van der Waals surface area contributed by atoms with E-state index in [1.165, 1.54) is 19.1 Å².